The Bertz CT molecular complexity index is 1510. The smallest absolute Gasteiger partial charge is 0.312 e. The maximum absolute atomic E-state index is 13.2. The second-order valence-corrected chi connectivity index (χ2v) is 7.56. The lowest BCUT2D eigenvalue weighted by atomic mass is 9.85. The van der Waals surface area contributed by atoms with Gasteiger partial charge in [0.1, 0.15) is 22.8 Å². The normalized spacial score (nSPS) is 18.4. The van der Waals surface area contributed by atoms with E-state index in [0.29, 0.717) is 33.4 Å². The maximum Gasteiger partial charge on any atom is 0.312 e. The number of ketones is 1. The lowest BCUT2D eigenvalue weighted by molar-refractivity contribution is -0.135. The summed E-state index contributed by atoms with van der Waals surface area (Å²) < 4.78 is 22.3. The second kappa shape index (κ2) is 6.81. The van der Waals surface area contributed by atoms with E-state index in [1.165, 1.54) is 18.6 Å². The van der Waals surface area contributed by atoms with Crippen LogP contribution in [0.5, 0.6) is 11.5 Å². The van der Waals surface area contributed by atoms with Gasteiger partial charge in [-0.1, -0.05) is 12.1 Å². The molecule has 1 atom stereocenters. The van der Waals surface area contributed by atoms with Crippen molar-refractivity contribution in [2.45, 2.75) is 12.3 Å². The van der Waals surface area contributed by atoms with Gasteiger partial charge in [0.05, 0.1) is 29.9 Å². The van der Waals surface area contributed by atoms with Crippen LogP contribution < -0.4 is 14.9 Å². The van der Waals surface area contributed by atoms with Crippen molar-refractivity contribution < 1.29 is 27.9 Å². The minimum Gasteiger partial charge on any atom is -0.465 e. The number of Topliss-reactive ketones (excluding diaryl/α,β-unsaturated/α-hetero) is 1. The van der Waals surface area contributed by atoms with Crippen LogP contribution in [0.3, 0.4) is 0 Å². The molecule has 2 aromatic heterocycles. The van der Waals surface area contributed by atoms with Gasteiger partial charge in [-0.15, -0.1) is 0 Å². The summed E-state index contributed by atoms with van der Waals surface area (Å²) in [7, 11) is 0. The number of fused-ring (bicyclic) bond motifs is 4. The molecule has 7 nitrogen and oxygen atoms in total. The maximum atomic E-state index is 13.2. The molecule has 0 saturated heterocycles. The van der Waals surface area contributed by atoms with Crippen molar-refractivity contribution in [1.82, 2.24) is 0 Å². The summed E-state index contributed by atoms with van der Waals surface area (Å²) in [5, 5.41) is 0.411. The Hall–Kier alpha value is -4.39. The van der Waals surface area contributed by atoms with E-state index in [0.717, 1.165) is 0 Å². The first-order chi connectivity index (χ1) is 15.6. The fraction of sp³-hybridized carbons (Fsp3) is 0.0800. The molecule has 0 aliphatic carbocycles. The number of hydrogen-bond donors (Lipinski definition) is 0. The van der Waals surface area contributed by atoms with Crippen molar-refractivity contribution in [2.24, 2.45) is 0 Å². The van der Waals surface area contributed by atoms with E-state index in [4.69, 9.17) is 18.3 Å². The van der Waals surface area contributed by atoms with Gasteiger partial charge in [-0.05, 0) is 36.4 Å². The van der Waals surface area contributed by atoms with Gasteiger partial charge >= 0.3 is 5.97 Å². The van der Waals surface area contributed by atoms with Gasteiger partial charge in [0, 0.05) is 23.1 Å². The highest BCUT2D eigenvalue weighted by molar-refractivity contribution is 6.15. The molecular formula is C25H14O7. The number of allylic oxidation sites excluding steroid dienone is 1. The molecule has 0 bridgehead atoms. The molecule has 6 rings (SSSR count). The molecule has 0 radical (unpaired) electrons. The van der Waals surface area contributed by atoms with Gasteiger partial charge in [0.15, 0.2) is 11.2 Å². The largest absolute Gasteiger partial charge is 0.465 e. The van der Waals surface area contributed by atoms with Crippen LogP contribution in [0, 0.1) is 0 Å². The van der Waals surface area contributed by atoms with Crippen molar-refractivity contribution in [3.8, 4) is 11.5 Å². The predicted octanol–water partition coefficient (Wildman–Crippen LogP) is 4.44. The molecule has 32 heavy (non-hydrogen) atoms. The highest BCUT2D eigenvalue weighted by Gasteiger charge is 2.39. The first kappa shape index (κ1) is 18.4. The molecule has 4 heterocycles. The Morgan fingerprint density at radius 3 is 2.62 bits per heavy atom. The molecule has 2 aliphatic rings. The number of carbonyl (C=O) groups excluding carboxylic acids is 2. The Morgan fingerprint density at radius 1 is 0.906 bits per heavy atom. The first-order valence-corrected chi connectivity index (χ1v) is 9.96. The van der Waals surface area contributed by atoms with Gasteiger partial charge in [-0.3, -0.25) is 14.4 Å². The molecule has 2 aromatic carbocycles. The number of hydrogen-bond acceptors (Lipinski definition) is 7. The van der Waals surface area contributed by atoms with Crippen LogP contribution in [0.2, 0.25) is 0 Å². The van der Waals surface area contributed by atoms with Gasteiger partial charge < -0.3 is 18.3 Å². The van der Waals surface area contributed by atoms with Crippen molar-refractivity contribution >= 4 is 28.8 Å². The fourth-order valence-electron chi connectivity index (χ4n) is 4.21. The summed E-state index contributed by atoms with van der Waals surface area (Å²) >= 11 is 0. The number of furan rings is 1. The van der Waals surface area contributed by atoms with E-state index in [2.05, 4.69) is 0 Å². The summed E-state index contributed by atoms with van der Waals surface area (Å²) in [4.78, 5) is 38.5. The minimum atomic E-state index is -0.683. The topological polar surface area (TPSA) is 96.0 Å². The van der Waals surface area contributed by atoms with Crippen molar-refractivity contribution in [3.05, 3.63) is 99.5 Å². The first-order valence-electron chi connectivity index (χ1n) is 9.96. The molecule has 4 aromatic rings. The van der Waals surface area contributed by atoms with E-state index in [-0.39, 0.29) is 34.9 Å². The second-order valence-electron chi connectivity index (χ2n) is 7.56. The highest BCUT2D eigenvalue weighted by atomic mass is 16.5. The zero-order valence-electron chi connectivity index (χ0n) is 16.5. The van der Waals surface area contributed by atoms with Crippen LogP contribution >= 0.6 is 0 Å². The van der Waals surface area contributed by atoms with E-state index in [1.54, 1.807) is 48.5 Å². The van der Waals surface area contributed by atoms with Crippen molar-refractivity contribution in [3.63, 3.8) is 0 Å². The lowest BCUT2D eigenvalue weighted by Crippen LogP contribution is -2.25. The van der Waals surface area contributed by atoms with Crippen molar-refractivity contribution in [1.29, 1.82) is 0 Å². The fourth-order valence-corrected chi connectivity index (χ4v) is 4.21. The van der Waals surface area contributed by atoms with E-state index in [1.807, 2.05) is 0 Å². The van der Waals surface area contributed by atoms with Crippen LogP contribution in [0.4, 0.5) is 0 Å². The van der Waals surface area contributed by atoms with E-state index >= 15 is 0 Å². The minimum absolute atomic E-state index is 0.0820. The van der Waals surface area contributed by atoms with Crippen LogP contribution in [0.1, 0.15) is 39.6 Å². The Kier molecular flexibility index (Phi) is 3.91. The summed E-state index contributed by atoms with van der Waals surface area (Å²) in [6.45, 7) is 0. The molecule has 0 amide bonds. The number of rotatable bonds is 2. The third-order valence-corrected chi connectivity index (χ3v) is 5.68. The van der Waals surface area contributed by atoms with Gasteiger partial charge in [0.25, 0.3) is 0 Å². The Labute approximate surface area is 180 Å². The average Bonchev–Trinajstić information content (AvgIpc) is 3.42. The van der Waals surface area contributed by atoms with Gasteiger partial charge in [-0.25, -0.2) is 0 Å². The molecule has 0 N–H and O–H groups in total. The van der Waals surface area contributed by atoms with Crippen LogP contribution in [-0.4, -0.2) is 11.8 Å². The quantitative estimate of drug-likeness (QED) is 0.266. The van der Waals surface area contributed by atoms with Crippen LogP contribution in [0.25, 0.3) is 17.0 Å². The Balaban J connectivity index is 1.53. The predicted molar refractivity (Wildman–Crippen MR) is 113 cm³/mol. The standard InChI is InChI=1S/C25H14O7/c26-21-11-16(17-12-30-18-6-2-1-5-14(18)23(17)27)22-19(31-21)8-7-15-24(28)20(32-25(15)22)10-13-4-3-9-29-13/h1-10,12,16H,11H2. The molecule has 1 unspecified atom stereocenters. The monoisotopic (exact) mass is 426 g/mol. The summed E-state index contributed by atoms with van der Waals surface area (Å²) in [5.74, 6) is -0.401. The third-order valence-electron chi connectivity index (χ3n) is 5.68. The molecule has 0 saturated carbocycles. The number of benzene rings is 2. The number of carbonyl (C=O) groups is 2. The third kappa shape index (κ3) is 2.71. The zero-order valence-corrected chi connectivity index (χ0v) is 16.5. The summed E-state index contributed by atoms with van der Waals surface area (Å²) in [5.41, 5.74) is 1.31. The highest BCUT2D eigenvalue weighted by Crippen LogP contribution is 2.48. The van der Waals surface area contributed by atoms with E-state index < -0.39 is 11.9 Å². The number of esters is 1. The van der Waals surface area contributed by atoms with Gasteiger partial charge in [-0.2, -0.15) is 0 Å². The zero-order chi connectivity index (χ0) is 21.8. The molecule has 2 aliphatic heterocycles. The molecule has 0 fully saturated rings. The van der Waals surface area contributed by atoms with E-state index in [9.17, 15) is 14.4 Å². The summed E-state index contributed by atoms with van der Waals surface area (Å²) in [6, 6.07) is 13.4. The summed E-state index contributed by atoms with van der Waals surface area (Å²) in [6.07, 6.45) is 4.28. The van der Waals surface area contributed by atoms with Crippen LogP contribution in [0.15, 0.2) is 80.4 Å². The molecule has 0 spiro atoms. The molecule has 7 heteroatoms. The molecule has 156 valence electrons. The van der Waals surface area contributed by atoms with Crippen LogP contribution in [-0.2, 0) is 4.79 Å². The Morgan fingerprint density at radius 2 is 1.78 bits per heavy atom. The van der Waals surface area contributed by atoms with Gasteiger partial charge in [0.2, 0.25) is 5.78 Å². The SMILES string of the molecule is O=C1CC(c2coc3ccccc3c2=O)c2c(ccc3c2OC(=Cc2ccco2)C3=O)O1. The average molecular weight is 426 g/mol. The van der Waals surface area contributed by atoms with Crippen molar-refractivity contribution in [2.75, 3.05) is 0 Å². The lowest BCUT2D eigenvalue weighted by Gasteiger charge is -2.25. The number of ether oxygens (including phenoxy) is 2. The number of para-hydroxylation sites is 1. The molecular weight excluding hydrogens is 412 g/mol.